The molecule has 1 aliphatic rings. The lowest BCUT2D eigenvalue weighted by molar-refractivity contribution is -0.153. The monoisotopic (exact) mass is 250 g/mol. The molecular weight excluding hydrogens is 236 g/mol. The first-order valence-electron chi connectivity index (χ1n) is 5.66. The highest BCUT2D eigenvalue weighted by Gasteiger charge is 2.44. The highest BCUT2D eigenvalue weighted by Crippen LogP contribution is 2.40. The van der Waals surface area contributed by atoms with E-state index in [1.165, 1.54) is 18.7 Å². The van der Waals surface area contributed by atoms with Crippen LogP contribution < -0.4 is 10.6 Å². The minimum Gasteiger partial charge on any atom is -0.481 e. The molecule has 3 N–H and O–H groups in total. The molecule has 0 atom stereocenters. The van der Waals surface area contributed by atoms with Gasteiger partial charge < -0.3 is 15.7 Å². The van der Waals surface area contributed by atoms with Crippen LogP contribution in [-0.2, 0) is 4.79 Å². The smallest absolute Gasteiger partial charge is 0.319 e. The third kappa shape index (κ3) is 2.55. The van der Waals surface area contributed by atoms with E-state index in [0.29, 0.717) is 18.5 Å². The number of urea groups is 1. The number of amides is 2. The van der Waals surface area contributed by atoms with E-state index in [2.05, 4.69) is 20.6 Å². The maximum absolute atomic E-state index is 11.6. The topological polar surface area (TPSA) is 104 Å². The summed E-state index contributed by atoms with van der Waals surface area (Å²) < 4.78 is 0. The second kappa shape index (κ2) is 4.99. The maximum Gasteiger partial charge on any atom is 0.319 e. The van der Waals surface area contributed by atoms with Crippen molar-refractivity contribution in [1.29, 1.82) is 0 Å². The molecule has 0 bridgehead atoms. The van der Waals surface area contributed by atoms with Gasteiger partial charge in [-0.2, -0.15) is 0 Å². The number of carbonyl (C=O) groups is 2. The van der Waals surface area contributed by atoms with Crippen LogP contribution in [0.25, 0.3) is 0 Å². The van der Waals surface area contributed by atoms with Crippen molar-refractivity contribution in [3.63, 3.8) is 0 Å². The lowest BCUT2D eigenvalue weighted by Crippen LogP contribution is -2.48. The molecule has 1 aromatic rings. The van der Waals surface area contributed by atoms with Crippen LogP contribution in [0, 0.1) is 5.41 Å². The Morgan fingerprint density at radius 2 is 2.00 bits per heavy atom. The van der Waals surface area contributed by atoms with E-state index < -0.39 is 17.4 Å². The quantitative estimate of drug-likeness (QED) is 0.735. The molecule has 18 heavy (non-hydrogen) atoms. The van der Waals surface area contributed by atoms with E-state index in [9.17, 15) is 9.59 Å². The third-order valence-corrected chi connectivity index (χ3v) is 3.17. The van der Waals surface area contributed by atoms with Gasteiger partial charge in [-0.25, -0.2) is 14.8 Å². The molecule has 7 heteroatoms. The van der Waals surface area contributed by atoms with Crippen LogP contribution in [0.3, 0.4) is 0 Å². The zero-order chi connectivity index (χ0) is 13.0. The van der Waals surface area contributed by atoms with Crippen LogP contribution in [0.2, 0.25) is 0 Å². The minimum atomic E-state index is -0.850. The summed E-state index contributed by atoms with van der Waals surface area (Å²) in [4.78, 5) is 30.1. The molecule has 0 radical (unpaired) electrons. The zero-order valence-electron chi connectivity index (χ0n) is 9.72. The first-order valence-corrected chi connectivity index (χ1v) is 5.66. The highest BCUT2D eigenvalue weighted by molar-refractivity contribution is 5.89. The van der Waals surface area contributed by atoms with Gasteiger partial charge in [0, 0.05) is 6.54 Å². The zero-order valence-corrected chi connectivity index (χ0v) is 9.72. The summed E-state index contributed by atoms with van der Waals surface area (Å²) in [7, 11) is 0. The fourth-order valence-corrected chi connectivity index (χ4v) is 1.86. The lowest BCUT2D eigenvalue weighted by atomic mass is 9.69. The lowest BCUT2D eigenvalue weighted by Gasteiger charge is -2.37. The van der Waals surface area contributed by atoms with Gasteiger partial charge in [0.1, 0.15) is 6.33 Å². The number of aromatic nitrogens is 2. The minimum absolute atomic E-state index is 0.141. The molecule has 1 fully saturated rings. The predicted molar refractivity (Wildman–Crippen MR) is 63.0 cm³/mol. The summed E-state index contributed by atoms with van der Waals surface area (Å²) in [6.45, 7) is 0.141. The van der Waals surface area contributed by atoms with Crippen molar-refractivity contribution in [1.82, 2.24) is 15.3 Å². The number of rotatable bonds is 4. The van der Waals surface area contributed by atoms with Crippen LogP contribution >= 0.6 is 0 Å². The predicted octanol–water partition coefficient (Wildman–Crippen LogP) is 0.853. The molecular formula is C11H14N4O3. The number of aliphatic carboxylic acids is 1. The number of nitrogens with one attached hydrogen (secondary N) is 2. The SMILES string of the molecule is O=C(NCC1(C(=O)O)CCC1)Nc1cncnc1. The van der Waals surface area contributed by atoms with Crippen LogP contribution in [0.4, 0.5) is 10.5 Å². The number of carboxylic acid groups (broad SMARTS) is 1. The summed E-state index contributed by atoms with van der Waals surface area (Å²) in [6.07, 6.45) is 6.39. The van der Waals surface area contributed by atoms with Gasteiger partial charge >= 0.3 is 12.0 Å². The molecule has 1 aliphatic carbocycles. The molecule has 0 unspecified atom stereocenters. The number of hydrogen-bond donors (Lipinski definition) is 3. The Labute approximate surface area is 104 Å². The maximum atomic E-state index is 11.6. The van der Waals surface area contributed by atoms with E-state index in [-0.39, 0.29) is 6.54 Å². The molecule has 2 amide bonds. The molecule has 0 spiro atoms. The van der Waals surface area contributed by atoms with Crippen LogP contribution in [0.1, 0.15) is 19.3 Å². The normalized spacial score (nSPS) is 16.4. The second-order valence-electron chi connectivity index (χ2n) is 4.37. The van der Waals surface area contributed by atoms with Crippen molar-refractivity contribution >= 4 is 17.7 Å². The molecule has 0 aromatic carbocycles. The van der Waals surface area contributed by atoms with Gasteiger partial charge in [-0.3, -0.25) is 4.79 Å². The summed E-state index contributed by atoms with van der Waals surface area (Å²) in [5.74, 6) is -0.850. The largest absolute Gasteiger partial charge is 0.481 e. The van der Waals surface area contributed by atoms with Gasteiger partial charge in [-0.15, -0.1) is 0 Å². The summed E-state index contributed by atoms with van der Waals surface area (Å²) in [5.41, 5.74) is -0.321. The average molecular weight is 250 g/mol. The van der Waals surface area contributed by atoms with E-state index in [1.54, 1.807) is 0 Å². The molecule has 0 aliphatic heterocycles. The first-order chi connectivity index (χ1) is 8.62. The molecule has 7 nitrogen and oxygen atoms in total. The number of nitrogens with zero attached hydrogens (tertiary/aromatic N) is 2. The third-order valence-electron chi connectivity index (χ3n) is 3.17. The van der Waals surface area contributed by atoms with Gasteiger partial charge in [0.2, 0.25) is 0 Å². The molecule has 1 saturated carbocycles. The molecule has 0 saturated heterocycles. The fourth-order valence-electron chi connectivity index (χ4n) is 1.86. The van der Waals surface area contributed by atoms with Crippen LogP contribution in [-0.4, -0.2) is 33.6 Å². The van der Waals surface area contributed by atoms with Crippen LogP contribution in [0.5, 0.6) is 0 Å². The van der Waals surface area contributed by atoms with Gasteiger partial charge in [-0.05, 0) is 12.8 Å². The molecule has 2 rings (SSSR count). The van der Waals surface area contributed by atoms with Gasteiger partial charge in [-0.1, -0.05) is 6.42 Å². The van der Waals surface area contributed by atoms with Gasteiger partial charge in [0.25, 0.3) is 0 Å². The Morgan fingerprint density at radius 3 is 2.50 bits per heavy atom. The summed E-state index contributed by atoms with van der Waals surface area (Å²) in [5, 5.41) is 14.2. The van der Waals surface area contributed by atoms with Gasteiger partial charge in [0.15, 0.2) is 0 Å². The molecule has 1 aromatic heterocycles. The van der Waals surface area contributed by atoms with Crippen LogP contribution in [0.15, 0.2) is 18.7 Å². The van der Waals surface area contributed by atoms with E-state index in [4.69, 9.17) is 5.11 Å². The second-order valence-corrected chi connectivity index (χ2v) is 4.37. The Morgan fingerprint density at radius 1 is 1.33 bits per heavy atom. The Bertz CT molecular complexity index is 445. The highest BCUT2D eigenvalue weighted by atomic mass is 16.4. The average Bonchev–Trinajstić information content (AvgIpc) is 2.28. The standard InChI is InChI=1S/C11H14N4O3/c16-9(17)11(2-1-3-11)6-14-10(18)15-8-4-12-7-13-5-8/h4-5,7H,1-3,6H2,(H,16,17)(H2,14,15,18). The summed E-state index contributed by atoms with van der Waals surface area (Å²) >= 11 is 0. The summed E-state index contributed by atoms with van der Waals surface area (Å²) in [6, 6.07) is -0.447. The number of anilines is 1. The van der Waals surface area contributed by atoms with Gasteiger partial charge in [0.05, 0.1) is 23.5 Å². The van der Waals surface area contributed by atoms with Crippen molar-refractivity contribution in [3.05, 3.63) is 18.7 Å². The van der Waals surface area contributed by atoms with E-state index >= 15 is 0 Å². The van der Waals surface area contributed by atoms with Crippen molar-refractivity contribution < 1.29 is 14.7 Å². The number of carboxylic acids is 1. The van der Waals surface area contributed by atoms with Crippen molar-refractivity contribution in [2.45, 2.75) is 19.3 Å². The Balaban J connectivity index is 1.83. The van der Waals surface area contributed by atoms with Crippen molar-refractivity contribution in [2.24, 2.45) is 5.41 Å². The molecule has 96 valence electrons. The van der Waals surface area contributed by atoms with Crippen molar-refractivity contribution in [2.75, 3.05) is 11.9 Å². The number of hydrogen-bond acceptors (Lipinski definition) is 4. The Kier molecular flexibility index (Phi) is 3.40. The van der Waals surface area contributed by atoms with Crippen molar-refractivity contribution in [3.8, 4) is 0 Å². The first kappa shape index (κ1) is 12.3. The van der Waals surface area contributed by atoms with E-state index in [0.717, 1.165) is 6.42 Å². The Hall–Kier alpha value is -2.18. The van der Waals surface area contributed by atoms with E-state index in [1.807, 2.05) is 0 Å². The molecule has 1 heterocycles. The fraction of sp³-hybridized carbons (Fsp3) is 0.455. The number of carbonyl (C=O) groups excluding carboxylic acids is 1.